The van der Waals surface area contributed by atoms with Crippen LogP contribution in [0.3, 0.4) is 0 Å². The highest BCUT2D eigenvalue weighted by Crippen LogP contribution is 2.27. The molecule has 0 saturated heterocycles. The topological polar surface area (TPSA) is 118 Å². The maximum Gasteiger partial charge on any atom is 0.336 e. The van der Waals surface area contributed by atoms with Gasteiger partial charge in [0.2, 0.25) is 5.91 Å². The van der Waals surface area contributed by atoms with E-state index in [2.05, 4.69) is 17.1 Å². The number of methoxy groups -OCH3 is 2. The third-order valence-electron chi connectivity index (χ3n) is 6.75. The lowest BCUT2D eigenvalue weighted by atomic mass is 10.00. The van der Waals surface area contributed by atoms with E-state index in [4.69, 9.17) is 14.2 Å². The molecule has 10 nitrogen and oxygen atoms in total. The van der Waals surface area contributed by atoms with Gasteiger partial charge >= 0.3 is 5.97 Å². The minimum atomic E-state index is -0.968. The lowest BCUT2D eigenvalue weighted by Crippen LogP contribution is -2.46. The van der Waals surface area contributed by atoms with Crippen molar-refractivity contribution in [2.24, 2.45) is 5.92 Å². The number of hydrogen-bond acceptors (Lipinski definition) is 7. The van der Waals surface area contributed by atoms with Gasteiger partial charge in [-0.3, -0.25) is 14.5 Å². The number of fused-ring (bicyclic) bond motifs is 1. The number of likely N-dealkylation sites (N-methyl/N-ethyl adjacent to an activating group) is 1. The summed E-state index contributed by atoms with van der Waals surface area (Å²) >= 11 is 0. The van der Waals surface area contributed by atoms with Crippen LogP contribution in [0, 0.1) is 5.92 Å². The van der Waals surface area contributed by atoms with Gasteiger partial charge in [0.15, 0.2) is 0 Å². The van der Waals surface area contributed by atoms with Crippen LogP contribution in [0.15, 0.2) is 42.5 Å². The van der Waals surface area contributed by atoms with Crippen LogP contribution in [0.4, 0.5) is 5.69 Å². The Bertz CT molecular complexity index is 1140. The van der Waals surface area contributed by atoms with Crippen molar-refractivity contribution < 1.29 is 33.7 Å². The van der Waals surface area contributed by atoms with E-state index in [0.29, 0.717) is 42.2 Å². The molecule has 0 aliphatic carbocycles. The van der Waals surface area contributed by atoms with E-state index < -0.39 is 5.97 Å². The Hall–Kier alpha value is -3.47. The van der Waals surface area contributed by atoms with E-state index in [1.54, 1.807) is 49.4 Å². The fourth-order valence-corrected chi connectivity index (χ4v) is 4.56. The molecule has 3 atom stereocenters. The molecule has 2 aromatic rings. The van der Waals surface area contributed by atoms with Gasteiger partial charge in [0.25, 0.3) is 5.91 Å². The molecule has 10 heteroatoms. The Morgan fingerprint density at radius 2 is 1.87 bits per heavy atom. The number of rotatable bonds is 7. The van der Waals surface area contributed by atoms with Gasteiger partial charge in [0, 0.05) is 52.6 Å². The SMILES string of the molecule is COCC(=O)Nc1ccc2c(c1)C(=O)N(C)C[C@@H](OC)[C@H](C)CN(Cc1ccccc1C(=O)O)[C@H](C)CO2. The Labute approximate surface area is 223 Å². The lowest BCUT2D eigenvalue weighted by Gasteiger charge is -2.36. The molecule has 0 fully saturated rings. The number of carbonyl (C=O) groups excluding carboxylic acids is 2. The normalized spacial score (nSPS) is 21.0. The maximum atomic E-state index is 13.5. The van der Waals surface area contributed by atoms with Crippen LogP contribution in [0.5, 0.6) is 5.75 Å². The first kappa shape index (κ1) is 29.1. The number of nitrogens with zero attached hydrogens (tertiary/aromatic N) is 2. The van der Waals surface area contributed by atoms with Crippen molar-refractivity contribution >= 4 is 23.5 Å². The molecule has 0 unspecified atom stereocenters. The summed E-state index contributed by atoms with van der Waals surface area (Å²) in [4.78, 5) is 41.1. The molecule has 0 saturated carbocycles. The largest absolute Gasteiger partial charge is 0.491 e. The molecule has 0 spiro atoms. The van der Waals surface area contributed by atoms with Crippen LogP contribution >= 0.6 is 0 Å². The second-order valence-corrected chi connectivity index (χ2v) is 9.68. The predicted molar refractivity (Wildman–Crippen MR) is 143 cm³/mol. The Balaban J connectivity index is 1.95. The van der Waals surface area contributed by atoms with Gasteiger partial charge in [0.05, 0.1) is 17.2 Å². The quantitative estimate of drug-likeness (QED) is 0.565. The third kappa shape index (κ3) is 7.31. The molecule has 0 bridgehead atoms. The molecular formula is C28H37N3O7. The second kappa shape index (κ2) is 13.4. The summed E-state index contributed by atoms with van der Waals surface area (Å²) in [5.74, 6) is -1.14. The molecular weight excluding hydrogens is 490 g/mol. The Kier molecular flexibility index (Phi) is 10.2. The molecule has 1 aliphatic heterocycles. The molecule has 38 heavy (non-hydrogen) atoms. The lowest BCUT2D eigenvalue weighted by molar-refractivity contribution is -0.119. The van der Waals surface area contributed by atoms with Gasteiger partial charge in [-0.1, -0.05) is 25.1 Å². The van der Waals surface area contributed by atoms with Crippen LogP contribution in [0.2, 0.25) is 0 Å². The molecule has 206 valence electrons. The molecule has 0 radical (unpaired) electrons. The number of aromatic carboxylic acids is 1. The number of hydrogen-bond donors (Lipinski definition) is 2. The summed E-state index contributed by atoms with van der Waals surface area (Å²) in [5, 5.41) is 12.4. The van der Waals surface area contributed by atoms with Crippen molar-refractivity contribution in [3.63, 3.8) is 0 Å². The van der Waals surface area contributed by atoms with Gasteiger partial charge < -0.3 is 29.5 Å². The number of carbonyl (C=O) groups is 3. The zero-order valence-electron chi connectivity index (χ0n) is 22.6. The van der Waals surface area contributed by atoms with Gasteiger partial charge in [-0.2, -0.15) is 0 Å². The minimum absolute atomic E-state index is 0.0215. The van der Waals surface area contributed by atoms with Crippen LogP contribution < -0.4 is 10.1 Å². The van der Waals surface area contributed by atoms with Crippen LogP contribution in [-0.4, -0.2) is 92.4 Å². The van der Waals surface area contributed by atoms with Gasteiger partial charge in [0.1, 0.15) is 19.0 Å². The number of carboxylic acid groups (broad SMARTS) is 1. The summed E-state index contributed by atoms with van der Waals surface area (Å²) in [6.45, 7) is 5.59. The summed E-state index contributed by atoms with van der Waals surface area (Å²) < 4.78 is 16.8. The number of amides is 2. The molecule has 1 heterocycles. The number of anilines is 1. The van der Waals surface area contributed by atoms with E-state index in [0.717, 1.165) is 0 Å². The standard InChI is InChI=1S/C28H37N3O7/c1-18-13-31(14-20-8-6-7-9-22(20)28(34)35)19(2)16-38-24-11-10-21(29-26(32)17-36-4)12-23(24)27(33)30(3)15-25(18)37-5/h6-12,18-19,25H,13-17H2,1-5H3,(H,29,32)(H,34,35)/t18-,19-,25-/m1/s1. The fourth-order valence-electron chi connectivity index (χ4n) is 4.56. The number of nitrogens with one attached hydrogen (secondary N) is 1. The predicted octanol–water partition coefficient (Wildman–Crippen LogP) is 2.98. The Morgan fingerprint density at radius 3 is 2.55 bits per heavy atom. The van der Waals surface area contributed by atoms with E-state index in [1.807, 2.05) is 19.1 Å². The first-order valence-corrected chi connectivity index (χ1v) is 12.5. The molecule has 2 N–H and O–H groups in total. The number of carboxylic acids is 1. The molecule has 2 amide bonds. The zero-order chi connectivity index (χ0) is 27.8. The van der Waals surface area contributed by atoms with Crippen molar-refractivity contribution in [3.8, 4) is 5.75 Å². The van der Waals surface area contributed by atoms with Crippen molar-refractivity contribution in [1.29, 1.82) is 0 Å². The second-order valence-electron chi connectivity index (χ2n) is 9.68. The minimum Gasteiger partial charge on any atom is -0.491 e. The van der Waals surface area contributed by atoms with E-state index in [-0.39, 0.29) is 48.7 Å². The highest BCUT2D eigenvalue weighted by Gasteiger charge is 2.29. The van der Waals surface area contributed by atoms with Crippen LogP contribution in [-0.2, 0) is 20.8 Å². The van der Waals surface area contributed by atoms with Crippen molar-refractivity contribution in [2.45, 2.75) is 32.5 Å². The monoisotopic (exact) mass is 527 g/mol. The van der Waals surface area contributed by atoms with Crippen molar-refractivity contribution in [1.82, 2.24) is 9.80 Å². The van der Waals surface area contributed by atoms with Crippen molar-refractivity contribution in [3.05, 3.63) is 59.2 Å². The number of benzene rings is 2. The summed E-state index contributed by atoms with van der Waals surface area (Å²) in [7, 11) is 4.76. The highest BCUT2D eigenvalue weighted by molar-refractivity contribution is 5.99. The highest BCUT2D eigenvalue weighted by atomic mass is 16.5. The average molecular weight is 528 g/mol. The molecule has 3 rings (SSSR count). The van der Waals surface area contributed by atoms with Crippen LogP contribution in [0.25, 0.3) is 0 Å². The fraction of sp³-hybridized carbons (Fsp3) is 0.464. The third-order valence-corrected chi connectivity index (χ3v) is 6.75. The van der Waals surface area contributed by atoms with E-state index in [9.17, 15) is 19.5 Å². The summed E-state index contributed by atoms with van der Waals surface area (Å²) in [6.07, 6.45) is -0.262. The smallest absolute Gasteiger partial charge is 0.336 e. The summed E-state index contributed by atoms with van der Waals surface area (Å²) in [6, 6.07) is 11.8. The van der Waals surface area contributed by atoms with Crippen molar-refractivity contribution in [2.75, 3.05) is 52.9 Å². The van der Waals surface area contributed by atoms with E-state index >= 15 is 0 Å². The first-order valence-electron chi connectivity index (χ1n) is 12.5. The first-order chi connectivity index (χ1) is 18.1. The maximum absolute atomic E-state index is 13.5. The van der Waals surface area contributed by atoms with Gasteiger partial charge in [-0.15, -0.1) is 0 Å². The van der Waals surface area contributed by atoms with Crippen LogP contribution in [0.1, 0.15) is 40.1 Å². The number of ether oxygens (including phenoxy) is 3. The van der Waals surface area contributed by atoms with Gasteiger partial charge in [-0.25, -0.2) is 4.79 Å². The van der Waals surface area contributed by atoms with E-state index in [1.165, 1.54) is 7.11 Å². The average Bonchev–Trinajstić information content (AvgIpc) is 2.89. The zero-order valence-corrected chi connectivity index (χ0v) is 22.6. The molecule has 1 aliphatic rings. The summed E-state index contributed by atoms with van der Waals surface area (Å²) in [5.41, 5.74) is 1.76. The van der Waals surface area contributed by atoms with Gasteiger partial charge in [-0.05, 0) is 42.7 Å². The molecule has 2 aromatic carbocycles. The molecule has 0 aromatic heterocycles. The Morgan fingerprint density at radius 1 is 1.13 bits per heavy atom.